The Labute approximate surface area is 98.0 Å². The summed E-state index contributed by atoms with van der Waals surface area (Å²) in [4.78, 5) is 25.0. The average Bonchev–Trinajstić information content (AvgIpc) is 2.55. The van der Waals surface area contributed by atoms with Crippen molar-refractivity contribution in [1.82, 2.24) is 4.90 Å². The summed E-state index contributed by atoms with van der Waals surface area (Å²) in [6, 6.07) is 0. The largest absolute Gasteiger partial charge is 0.477 e. The molecule has 86 valence electrons. The van der Waals surface area contributed by atoms with Gasteiger partial charge in [-0.25, -0.2) is 4.79 Å². The van der Waals surface area contributed by atoms with E-state index in [0.29, 0.717) is 0 Å². The van der Waals surface area contributed by atoms with Crippen LogP contribution < -0.4 is 0 Å². The summed E-state index contributed by atoms with van der Waals surface area (Å²) in [5.41, 5.74) is 0.905. The van der Waals surface area contributed by atoms with Crippen LogP contribution in [-0.2, 0) is 9.59 Å². The van der Waals surface area contributed by atoms with E-state index in [4.69, 9.17) is 5.11 Å². The summed E-state index contributed by atoms with van der Waals surface area (Å²) in [6.07, 6.45) is 3.38. The number of carboxylic acid groups (broad SMARTS) is 1. The molecule has 2 aliphatic rings. The molecule has 1 atom stereocenters. The Morgan fingerprint density at radius 1 is 1.62 bits per heavy atom. The summed E-state index contributed by atoms with van der Waals surface area (Å²) >= 11 is 1.49. The number of carbonyl (C=O) groups is 2. The molecule has 5 heteroatoms. The van der Waals surface area contributed by atoms with E-state index >= 15 is 0 Å². The number of thioether (sulfide) groups is 1. The number of rotatable bonds is 3. The molecule has 0 aromatic rings. The first-order valence-electron chi connectivity index (χ1n) is 5.24. The molecule has 1 unspecified atom stereocenters. The Bertz CT molecular complexity index is 425. The number of β-lactam (4-membered cyclic amide) rings is 1. The molecule has 0 bridgehead atoms. The van der Waals surface area contributed by atoms with Gasteiger partial charge in [-0.15, -0.1) is 0 Å². The molecule has 0 radical (unpaired) electrons. The van der Waals surface area contributed by atoms with Crippen molar-refractivity contribution in [1.29, 1.82) is 0 Å². The second kappa shape index (κ2) is 3.97. The molecule has 1 N–H and O–H groups in total. The predicted octanol–water partition coefficient (Wildman–Crippen LogP) is 1.94. The average molecular weight is 239 g/mol. The fraction of sp³-hybridized carbons (Fsp3) is 0.455. The van der Waals surface area contributed by atoms with Gasteiger partial charge < -0.3 is 5.11 Å². The van der Waals surface area contributed by atoms with Crippen molar-refractivity contribution in [2.45, 2.75) is 32.1 Å². The van der Waals surface area contributed by atoms with E-state index < -0.39 is 5.97 Å². The molecule has 0 aromatic carbocycles. The zero-order chi connectivity index (χ0) is 11.9. The maximum Gasteiger partial charge on any atom is 0.353 e. The van der Waals surface area contributed by atoms with Gasteiger partial charge in [0.05, 0.1) is 0 Å². The molecule has 0 aliphatic carbocycles. The maximum atomic E-state index is 11.7. The molecule has 0 spiro atoms. The maximum absolute atomic E-state index is 11.7. The Hall–Kier alpha value is -1.23. The van der Waals surface area contributed by atoms with Gasteiger partial charge in [-0.05, 0) is 13.3 Å². The van der Waals surface area contributed by atoms with Gasteiger partial charge in [-0.2, -0.15) is 0 Å². The highest BCUT2D eigenvalue weighted by Crippen LogP contribution is 2.50. The highest BCUT2D eigenvalue weighted by atomic mass is 32.2. The molecular weight excluding hydrogens is 226 g/mol. The normalized spacial score (nSPS) is 26.1. The first-order valence-corrected chi connectivity index (χ1v) is 6.12. The van der Waals surface area contributed by atoms with E-state index in [0.717, 1.165) is 23.3 Å². The number of carbonyl (C=O) groups excluding carboxylic acids is 1. The number of amides is 1. The number of allylic oxidation sites excluding steroid dienone is 2. The molecule has 0 saturated carbocycles. The molecule has 2 rings (SSSR count). The summed E-state index contributed by atoms with van der Waals surface area (Å²) in [7, 11) is 0. The van der Waals surface area contributed by atoms with E-state index in [1.54, 1.807) is 6.08 Å². The van der Waals surface area contributed by atoms with Crippen LogP contribution in [0.4, 0.5) is 0 Å². The number of fused-ring (bicyclic) bond motifs is 1. The summed E-state index contributed by atoms with van der Waals surface area (Å²) in [5.74, 6) is -1.16. The fourth-order valence-corrected chi connectivity index (χ4v) is 3.54. The van der Waals surface area contributed by atoms with Gasteiger partial charge in [0, 0.05) is 10.5 Å². The van der Waals surface area contributed by atoms with Gasteiger partial charge in [-0.1, -0.05) is 31.2 Å². The van der Waals surface area contributed by atoms with Crippen molar-refractivity contribution in [3.8, 4) is 0 Å². The van der Waals surface area contributed by atoms with Crippen molar-refractivity contribution in [2.75, 3.05) is 0 Å². The lowest BCUT2D eigenvalue weighted by atomic mass is 10.0. The first-order chi connectivity index (χ1) is 7.61. The lowest BCUT2D eigenvalue weighted by Gasteiger charge is -2.36. The third-order valence-electron chi connectivity index (χ3n) is 2.72. The minimum Gasteiger partial charge on any atom is -0.477 e. The SMILES string of the molecule is C/C=C1/C(=O)N2C(C(=O)O)=C(CCC)SC12. The monoisotopic (exact) mass is 239 g/mol. The van der Waals surface area contributed by atoms with E-state index in [2.05, 4.69) is 0 Å². The molecule has 1 amide bonds. The molecular formula is C11H13NO3S. The van der Waals surface area contributed by atoms with Crippen LogP contribution in [0.5, 0.6) is 0 Å². The standard InChI is InChI=1S/C11H13NO3S/c1-3-5-7-8(11(14)15)12-9(13)6(4-2)10(12)16-7/h4,10H,3,5H2,1-2H3,(H,14,15)/b6-4-. The van der Waals surface area contributed by atoms with Gasteiger partial charge in [0.2, 0.25) is 0 Å². The quantitative estimate of drug-likeness (QED) is 0.604. The van der Waals surface area contributed by atoms with Crippen LogP contribution in [0.3, 0.4) is 0 Å². The number of hydrogen-bond acceptors (Lipinski definition) is 3. The molecule has 0 aromatic heterocycles. The number of carboxylic acids is 1. The molecule has 4 nitrogen and oxygen atoms in total. The van der Waals surface area contributed by atoms with Crippen LogP contribution in [-0.4, -0.2) is 27.3 Å². The molecule has 1 saturated heterocycles. The predicted molar refractivity (Wildman–Crippen MR) is 61.6 cm³/mol. The minimum absolute atomic E-state index is 0.0925. The van der Waals surface area contributed by atoms with Crippen LogP contribution in [0.25, 0.3) is 0 Å². The summed E-state index contributed by atoms with van der Waals surface area (Å²) in [5, 5.41) is 9.03. The second-order valence-electron chi connectivity index (χ2n) is 3.72. The Kier molecular flexibility index (Phi) is 2.80. The molecule has 2 aliphatic heterocycles. The topological polar surface area (TPSA) is 57.6 Å². The third kappa shape index (κ3) is 1.38. The van der Waals surface area contributed by atoms with Gasteiger partial charge in [0.1, 0.15) is 11.1 Å². The smallest absolute Gasteiger partial charge is 0.353 e. The van der Waals surface area contributed by atoms with Gasteiger partial charge in [-0.3, -0.25) is 9.69 Å². The molecule has 2 heterocycles. The van der Waals surface area contributed by atoms with E-state index in [1.165, 1.54) is 16.7 Å². The first kappa shape index (κ1) is 11.3. The zero-order valence-corrected chi connectivity index (χ0v) is 10.0. The number of nitrogens with zero attached hydrogens (tertiary/aromatic N) is 1. The Morgan fingerprint density at radius 2 is 2.31 bits per heavy atom. The number of aliphatic carboxylic acids is 1. The van der Waals surface area contributed by atoms with Gasteiger partial charge in [0.25, 0.3) is 5.91 Å². The Balaban J connectivity index is 2.33. The van der Waals surface area contributed by atoms with E-state index in [9.17, 15) is 9.59 Å². The van der Waals surface area contributed by atoms with Crippen LogP contribution in [0.1, 0.15) is 26.7 Å². The highest BCUT2D eigenvalue weighted by Gasteiger charge is 2.51. The van der Waals surface area contributed by atoms with Crippen molar-refractivity contribution in [3.05, 3.63) is 22.3 Å². The van der Waals surface area contributed by atoms with Gasteiger partial charge >= 0.3 is 5.97 Å². The zero-order valence-electron chi connectivity index (χ0n) is 9.19. The van der Waals surface area contributed by atoms with Gasteiger partial charge in [0.15, 0.2) is 0 Å². The van der Waals surface area contributed by atoms with Crippen molar-refractivity contribution in [2.24, 2.45) is 0 Å². The van der Waals surface area contributed by atoms with Crippen LogP contribution in [0.15, 0.2) is 22.3 Å². The van der Waals surface area contributed by atoms with Crippen molar-refractivity contribution in [3.63, 3.8) is 0 Å². The van der Waals surface area contributed by atoms with Crippen LogP contribution >= 0.6 is 11.8 Å². The van der Waals surface area contributed by atoms with Crippen LogP contribution in [0, 0.1) is 0 Å². The van der Waals surface area contributed by atoms with Crippen molar-refractivity contribution < 1.29 is 14.7 Å². The minimum atomic E-state index is -0.998. The van der Waals surface area contributed by atoms with E-state index in [-0.39, 0.29) is 17.0 Å². The molecule has 16 heavy (non-hydrogen) atoms. The van der Waals surface area contributed by atoms with Crippen molar-refractivity contribution >= 4 is 23.6 Å². The number of hydrogen-bond donors (Lipinski definition) is 1. The fourth-order valence-electron chi connectivity index (χ4n) is 1.98. The third-order valence-corrected chi connectivity index (χ3v) is 4.09. The summed E-state index contributed by atoms with van der Waals surface area (Å²) in [6.45, 7) is 3.81. The lowest BCUT2D eigenvalue weighted by Crippen LogP contribution is -2.51. The van der Waals surface area contributed by atoms with Crippen LogP contribution in [0.2, 0.25) is 0 Å². The molecule has 1 fully saturated rings. The Morgan fingerprint density at radius 3 is 2.81 bits per heavy atom. The lowest BCUT2D eigenvalue weighted by molar-refractivity contribution is -0.141. The summed E-state index contributed by atoms with van der Waals surface area (Å²) < 4.78 is 0. The van der Waals surface area contributed by atoms with E-state index in [1.807, 2.05) is 13.8 Å². The highest BCUT2D eigenvalue weighted by molar-refractivity contribution is 8.04. The second-order valence-corrected chi connectivity index (χ2v) is 4.89.